The van der Waals surface area contributed by atoms with Crippen molar-refractivity contribution in [1.29, 1.82) is 0 Å². The number of carbonyl (C=O) groups is 1. The first-order valence-corrected chi connectivity index (χ1v) is 11.9. The minimum absolute atomic E-state index is 0.286. The van der Waals surface area contributed by atoms with E-state index in [-0.39, 0.29) is 11.9 Å². The monoisotopic (exact) mass is 468 g/mol. The maximum Gasteiger partial charge on any atom is 0.320 e. The van der Waals surface area contributed by atoms with Crippen LogP contribution in [0.2, 0.25) is 0 Å². The molecule has 8 nitrogen and oxygen atoms in total. The average Bonchev–Trinajstić information content (AvgIpc) is 3.36. The third kappa shape index (κ3) is 5.16. The zero-order chi connectivity index (χ0) is 24.2. The summed E-state index contributed by atoms with van der Waals surface area (Å²) < 4.78 is 6.00. The summed E-state index contributed by atoms with van der Waals surface area (Å²) in [7, 11) is 0. The van der Waals surface area contributed by atoms with E-state index in [1.54, 1.807) is 24.4 Å². The second-order valence-electron chi connectivity index (χ2n) is 8.78. The topological polar surface area (TPSA) is 96.2 Å². The third-order valence-electron chi connectivity index (χ3n) is 6.28. The molecule has 2 aromatic carbocycles. The smallest absolute Gasteiger partial charge is 0.320 e. The molecule has 0 unspecified atom stereocenters. The highest BCUT2D eigenvalue weighted by Crippen LogP contribution is 2.34. The van der Waals surface area contributed by atoms with Gasteiger partial charge in [-0.2, -0.15) is 0 Å². The third-order valence-corrected chi connectivity index (χ3v) is 6.28. The molecule has 5 rings (SSSR count). The predicted molar refractivity (Wildman–Crippen MR) is 137 cm³/mol. The molecule has 8 heteroatoms. The number of anilines is 4. The molecular formula is C27H28N6O2. The molecule has 1 amide bonds. The van der Waals surface area contributed by atoms with Crippen LogP contribution in [-0.2, 0) is 0 Å². The van der Waals surface area contributed by atoms with Crippen molar-refractivity contribution in [2.75, 3.05) is 28.6 Å². The number of hydrogen-bond acceptors (Lipinski definition) is 7. The lowest BCUT2D eigenvalue weighted by atomic mass is 10.1. The van der Waals surface area contributed by atoms with Gasteiger partial charge in [-0.1, -0.05) is 17.2 Å². The highest BCUT2D eigenvalue weighted by Gasteiger charge is 2.19. The van der Waals surface area contributed by atoms with Gasteiger partial charge >= 0.3 is 6.01 Å². The summed E-state index contributed by atoms with van der Waals surface area (Å²) in [4.78, 5) is 19.3. The van der Waals surface area contributed by atoms with Crippen molar-refractivity contribution in [2.24, 2.45) is 0 Å². The molecule has 1 aliphatic heterocycles. The number of carbonyl (C=O) groups excluding carboxylic acids is 1. The number of hydrogen-bond donors (Lipinski definition) is 2. The summed E-state index contributed by atoms with van der Waals surface area (Å²) >= 11 is 0. The molecular weight excluding hydrogens is 440 g/mol. The summed E-state index contributed by atoms with van der Waals surface area (Å²) in [6.45, 7) is 6.13. The Labute approximate surface area is 204 Å². The maximum absolute atomic E-state index is 12.8. The van der Waals surface area contributed by atoms with Crippen LogP contribution in [-0.4, -0.2) is 34.2 Å². The van der Waals surface area contributed by atoms with Gasteiger partial charge in [0.2, 0.25) is 0 Å². The quantitative estimate of drug-likeness (QED) is 0.373. The van der Waals surface area contributed by atoms with E-state index in [0.29, 0.717) is 22.8 Å². The predicted octanol–water partition coefficient (Wildman–Crippen LogP) is 5.73. The van der Waals surface area contributed by atoms with E-state index in [2.05, 4.69) is 44.6 Å². The SMILES string of the molecule is Cc1ccc(Nc2nnc(-c3cc(N4CCCCC4)ccc3NC(=O)c3ccccn3)o2)cc1C. The van der Waals surface area contributed by atoms with E-state index in [4.69, 9.17) is 4.42 Å². The van der Waals surface area contributed by atoms with E-state index >= 15 is 0 Å². The normalized spacial score (nSPS) is 13.5. The van der Waals surface area contributed by atoms with Crippen LogP contribution >= 0.6 is 0 Å². The highest BCUT2D eigenvalue weighted by atomic mass is 16.4. The number of piperidine rings is 1. The Hall–Kier alpha value is -4.20. The molecule has 0 spiro atoms. The Bertz CT molecular complexity index is 1330. The lowest BCUT2D eigenvalue weighted by molar-refractivity contribution is 0.102. The average molecular weight is 469 g/mol. The van der Waals surface area contributed by atoms with Crippen LogP contribution in [0.1, 0.15) is 40.9 Å². The minimum atomic E-state index is -0.300. The number of aryl methyl sites for hydroxylation is 2. The zero-order valence-electron chi connectivity index (χ0n) is 19.9. The van der Waals surface area contributed by atoms with Gasteiger partial charge in [0.25, 0.3) is 11.8 Å². The van der Waals surface area contributed by atoms with E-state index < -0.39 is 0 Å². The lowest BCUT2D eigenvalue weighted by Crippen LogP contribution is -2.29. The zero-order valence-corrected chi connectivity index (χ0v) is 19.9. The lowest BCUT2D eigenvalue weighted by Gasteiger charge is -2.29. The van der Waals surface area contributed by atoms with Gasteiger partial charge in [-0.3, -0.25) is 9.78 Å². The molecule has 2 N–H and O–H groups in total. The molecule has 1 saturated heterocycles. The number of benzene rings is 2. The first kappa shape index (κ1) is 22.6. The Morgan fingerprint density at radius 1 is 0.943 bits per heavy atom. The van der Waals surface area contributed by atoms with Crippen LogP contribution in [0.3, 0.4) is 0 Å². The number of nitrogens with zero attached hydrogens (tertiary/aromatic N) is 4. The van der Waals surface area contributed by atoms with Crippen LogP contribution in [0, 0.1) is 13.8 Å². The van der Waals surface area contributed by atoms with Crippen LogP contribution in [0.4, 0.5) is 23.1 Å². The van der Waals surface area contributed by atoms with Crippen molar-refractivity contribution in [3.63, 3.8) is 0 Å². The molecule has 178 valence electrons. The molecule has 4 aromatic rings. The van der Waals surface area contributed by atoms with Gasteiger partial charge in [0, 0.05) is 30.7 Å². The molecule has 1 fully saturated rings. The van der Waals surface area contributed by atoms with Crippen molar-refractivity contribution in [3.8, 4) is 11.5 Å². The number of aromatic nitrogens is 3. The summed E-state index contributed by atoms with van der Waals surface area (Å²) in [5.41, 5.74) is 5.90. The van der Waals surface area contributed by atoms with Crippen molar-refractivity contribution in [2.45, 2.75) is 33.1 Å². The number of nitrogens with one attached hydrogen (secondary N) is 2. The maximum atomic E-state index is 12.8. The second-order valence-corrected chi connectivity index (χ2v) is 8.78. The van der Waals surface area contributed by atoms with Gasteiger partial charge in [0.15, 0.2) is 0 Å². The molecule has 0 saturated carbocycles. The first-order valence-electron chi connectivity index (χ1n) is 11.9. The van der Waals surface area contributed by atoms with Gasteiger partial charge in [-0.25, -0.2) is 0 Å². The fraction of sp³-hybridized carbons (Fsp3) is 0.259. The Morgan fingerprint density at radius 3 is 2.57 bits per heavy atom. The standard InChI is InChI=1S/C27H28N6O2/c1-18-9-10-20(16-19(18)2)29-27-32-31-26(35-27)22-17-21(33-14-6-3-7-15-33)11-12-23(22)30-25(34)24-8-4-5-13-28-24/h4-5,8-13,16-17H,3,6-7,14-15H2,1-2H3,(H,29,32)(H,30,34). The summed E-state index contributed by atoms with van der Waals surface area (Å²) in [5.74, 6) is 0.0251. The van der Waals surface area contributed by atoms with Gasteiger partial charge in [0.05, 0.1) is 11.3 Å². The molecule has 0 radical (unpaired) electrons. The van der Waals surface area contributed by atoms with Crippen molar-refractivity contribution >= 4 is 29.0 Å². The molecule has 0 aliphatic carbocycles. The van der Waals surface area contributed by atoms with Crippen molar-refractivity contribution in [3.05, 3.63) is 77.6 Å². The molecule has 0 bridgehead atoms. The van der Waals surface area contributed by atoms with Crippen molar-refractivity contribution in [1.82, 2.24) is 15.2 Å². The van der Waals surface area contributed by atoms with Gasteiger partial charge < -0.3 is 20.0 Å². The van der Waals surface area contributed by atoms with Crippen LogP contribution < -0.4 is 15.5 Å². The van der Waals surface area contributed by atoms with Crippen LogP contribution in [0.5, 0.6) is 0 Å². The van der Waals surface area contributed by atoms with Crippen molar-refractivity contribution < 1.29 is 9.21 Å². The summed E-state index contributed by atoms with van der Waals surface area (Å²) in [6.07, 6.45) is 5.17. The summed E-state index contributed by atoms with van der Waals surface area (Å²) in [5, 5.41) is 14.6. The van der Waals surface area contributed by atoms with Crippen LogP contribution in [0.25, 0.3) is 11.5 Å². The van der Waals surface area contributed by atoms with E-state index in [0.717, 1.165) is 37.3 Å². The van der Waals surface area contributed by atoms with E-state index in [1.807, 2.05) is 36.4 Å². The fourth-order valence-electron chi connectivity index (χ4n) is 4.18. The Morgan fingerprint density at radius 2 is 1.80 bits per heavy atom. The fourth-order valence-corrected chi connectivity index (χ4v) is 4.18. The second kappa shape index (κ2) is 9.97. The number of rotatable bonds is 6. The highest BCUT2D eigenvalue weighted by molar-refractivity contribution is 6.05. The Balaban J connectivity index is 1.46. The summed E-state index contributed by atoms with van der Waals surface area (Å²) in [6, 6.07) is 17.5. The molecule has 0 atom stereocenters. The molecule has 1 aliphatic rings. The van der Waals surface area contributed by atoms with Gasteiger partial charge in [-0.05, 0) is 86.7 Å². The Kier molecular flexibility index (Phi) is 6.43. The number of pyridine rings is 1. The molecule has 2 aromatic heterocycles. The van der Waals surface area contributed by atoms with E-state index in [9.17, 15) is 4.79 Å². The molecule has 3 heterocycles. The minimum Gasteiger partial charge on any atom is -0.403 e. The van der Waals surface area contributed by atoms with Gasteiger partial charge in [0.1, 0.15) is 5.69 Å². The largest absolute Gasteiger partial charge is 0.403 e. The van der Waals surface area contributed by atoms with Gasteiger partial charge in [-0.15, -0.1) is 5.10 Å². The van der Waals surface area contributed by atoms with Crippen LogP contribution in [0.15, 0.2) is 65.2 Å². The molecule has 35 heavy (non-hydrogen) atoms. The van der Waals surface area contributed by atoms with E-state index in [1.165, 1.54) is 17.5 Å². The number of amides is 1. The first-order chi connectivity index (χ1) is 17.1.